The van der Waals surface area contributed by atoms with E-state index in [1.165, 1.54) is 0 Å². The van der Waals surface area contributed by atoms with Gasteiger partial charge < -0.3 is 8.83 Å². The third-order valence-corrected chi connectivity index (χ3v) is 11.4. The Morgan fingerprint density at radius 2 is 0.700 bits per heavy atom. The van der Waals surface area contributed by atoms with Crippen LogP contribution in [-0.4, -0.2) is 19.9 Å². The summed E-state index contributed by atoms with van der Waals surface area (Å²) in [5, 5.41) is 0. The van der Waals surface area contributed by atoms with Crippen molar-refractivity contribution in [1.82, 2.24) is 19.9 Å². The molecule has 70 heavy (non-hydrogen) atoms. The van der Waals surface area contributed by atoms with Gasteiger partial charge in [-0.2, -0.15) is 52.7 Å². The average Bonchev–Trinajstić information content (AvgIpc) is 3.97. The maximum Gasteiger partial charge on any atom is 0.417 e. The first-order chi connectivity index (χ1) is 33.2. The zero-order valence-corrected chi connectivity index (χ0v) is 35.2. The van der Waals surface area contributed by atoms with E-state index >= 15 is 0 Å². The predicted molar refractivity (Wildman–Crippen MR) is 235 cm³/mol. The molecular weight excluding hydrogens is 941 g/mol. The summed E-state index contributed by atoms with van der Waals surface area (Å²) in [6.07, 6.45) is -19.4. The lowest BCUT2D eigenvalue weighted by Crippen LogP contribution is -2.16. The number of aromatic nitrogens is 4. The van der Waals surface area contributed by atoms with Crippen molar-refractivity contribution < 1.29 is 61.5 Å². The summed E-state index contributed by atoms with van der Waals surface area (Å²) in [4.78, 5) is 17.6. The third-order valence-electron chi connectivity index (χ3n) is 11.4. The predicted octanol–water partition coefficient (Wildman–Crippen LogP) is 16.5. The van der Waals surface area contributed by atoms with Crippen molar-refractivity contribution in [3.05, 3.63) is 180 Å². The quantitative estimate of drug-likeness (QED) is 0.148. The third kappa shape index (κ3) is 8.83. The minimum atomic E-state index is -5.28. The first-order valence-corrected chi connectivity index (χ1v) is 20.7. The highest BCUT2D eigenvalue weighted by atomic mass is 19.4. The summed E-state index contributed by atoms with van der Waals surface area (Å²) in [5.41, 5.74) is -1.23. The first-order valence-electron chi connectivity index (χ1n) is 20.7. The monoisotopic (exact) mass is 966 g/mol. The number of rotatable bonds is 7. The van der Waals surface area contributed by atoms with E-state index in [-0.39, 0.29) is 22.8 Å². The standard InChI is InChI=1S/C52H26F12N4O2/c53-49(54,55)36-23-42-44(25-38(36)51(59,60)61)69-47(67-42)33-16-8-29(9-17-33)27-4-12-31(13-5-27)35-20-21-41(40-3-1-2-22-65-40)66-46(35)32-14-6-28(7-15-32)30-10-18-34(19-11-30)48-68-43-24-37(50(56,57)58)39(52(62,63)64)26-45(43)70-48/h1-26H. The highest BCUT2D eigenvalue weighted by molar-refractivity contribution is 5.85. The number of hydrogen-bond acceptors (Lipinski definition) is 6. The Kier molecular flexibility index (Phi) is 10.9. The van der Waals surface area contributed by atoms with Crippen LogP contribution in [0.25, 0.3) is 101 Å². The van der Waals surface area contributed by atoms with Crippen LogP contribution in [0.5, 0.6) is 0 Å². The van der Waals surface area contributed by atoms with E-state index in [2.05, 4.69) is 15.0 Å². The van der Waals surface area contributed by atoms with Crippen molar-refractivity contribution in [2.75, 3.05) is 0 Å². The van der Waals surface area contributed by atoms with Crippen molar-refractivity contribution in [2.24, 2.45) is 0 Å². The van der Waals surface area contributed by atoms with Gasteiger partial charge in [0.05, 0.1) is 39.3 Å². The molecule has 4 aromatic heterocycles. The van der Waals surface area contributed by atoms with Gasteiger partial charge in [-0.1, -0.05) is 78.9 Å². The molecule has 18 heteroatoms. The Labute approximate surface area is 386 Å². The normalized spacial score (nSPS) is 12.6. The number of oxazole rings is 2. The lowest BCUT2D eigenvalue weighted by molar-refractivity contribution is -0.161. The fourth-order valence-corrected chi connectivity index (χ4v) is 7.98. The van der Waals surface area contributed by atoms with E-state index in [0.29, 0.717) is 52.5 Å². The molecule has 4 heterocycles. The molecule has 350 valence electrons. The van der Waals surface area contributed by atoms with Crippen LogP contribution in [0.15, 0.2) is 167 Å². The number of fused-ring (bicyclic) bond motifs is 2. The van der Waals surface area contributed by atoms with Crippen LogP contribution < -0.4 is 0 Å². The van der Waals surface area contributed by atoms with Gasteiger partial charge in [-0.3, -0.25) is 4.98 Å². The van der Waals surface area contributed by atoms with Crippen molar-refractivity contribution >= 4 is 22.2 Å². The van der Waals surface area contributed by atoms with Gasteiger partial charge >= 0.3 is 24.7 Å². The number of nitrogens with zero attached hydrogens (tertiary/aromatic N) is 4. The molecule has 10 rings (SSSR count). The Balaban J connectivity index is 0.914. The summed E-state index contributed by atoms with van der Waals surface area (Å²) in [6, 6.07) is 38.8. The van der Waals surface area contributed by atoms with Crippen LogP contribution in [0.4, 0.5) is 52.7 Å². The van der Waals surface area contributed by atoms with Crippen LogP contribution in [0.1, 0.15) is 22.3 Å². The smallest absolute Gasteiger partial charge is 0.417 e. The van der Waals surface area contributed by atoms with E-state index in [1.54, 1.807) is 60.8 Å². The maximum absolute atomic E-state index is 13.5. The Morgan fingerprint density at radius 1 is 0.329 bits per heavy atom. The van der Waals surface area contributed by atoms with E-state index in [4.69, 9.17) is 13.8 Å². The molecule has 0 radical (unpaired) electrons. The van der Waals surface area contributed by atoms with Crippen molar-refractivity contribution in [3.63, 3.8) is 0 Å². The average molecular weight is 967 g/mol. The van der Waals surface area contributed by atoms with Crippen LogP contribution >= 0.6 is 0 Å². The molecule has 0 saturated carbocycles. The molecule has 0 fully saturated rings. The number of pyridine rings is 2. The molecule has 0 aliphatic carbocycles. The van der Waals surface area contributed by atoms with Crippen LogP contribution in [0.2, 0.25) is 0 Å². The first kappa shape index (κ1) is 45.5. The summed E-state index contributed by atoms with van der Waals surface area (Å²) in [5.74, 6) is -0.321. The Bertz CT molecular complexity index is 3460. The summed E-state index contributed by atoms with van der Waals surface area (Å²) >= 11 is 0. The van der Waals surface area contributed by atoms with E-state index in [9.17, 15) is 52.7 Å². The summed E-state index contributed by atoms with van der Waals surface area (Å²) < 4.78 is 173. The Morgan fingerprint density at radius 3 is 1.09 bits per heavy atom. The molecule has 0 unspecified atom stereocenters. The zero-order chi connectivity index (χ0) is 49.3. The van der Waals surface area contributed by atoms with Gasteiger partial charge in [-0.25, -0.2) is 15.0 Å². The summed E-state index contributed by atoms with van der Waals surface area (Å²) in [6.45, 7) is 0. The van der Waals surface area contributed by atoms with Gasteiger partial charge in [-0.15, -0.1) is 0 Å². The van der Waals surface area contributed by atoms with Gasteiger partial charge in [0.2, 0.25) is 11.8 Å². The molecule has 0 N–H and O–H groups in total. The fourth-order valence-electron chi connectivity index (χ4n) is 7.98. The molecule has 6 nitrogen and oxygen atoms in total. The van der Waals surface area contributed by atoms with E-state index < -0.39 is 58.1 Å². The van der Waals surface area contributed by atoms with Crippen LogP contribution in [-0.2, 0) is 24.7 Å². The number of alkyl halides is 12. The second-order valence-electron chi connectivity index (χ2n) is 15.9. The van der Waals surface area contributed by atoms with Gasteiger partial charge in [0.25, 0.3) is 0 Å². The lowest BCUT2D eigenvalue weighted by Gasteiger charge is -2.14. The maximum atomic E-state index is 13.5. The molecule has 0 aliphatic heterocycles. The second kappa shape index (κ2) is 16.7. The lowest BCUT2D eigenvalue weighted by atomic mass is 9.95. The molecule has 6 aromatic carbocycles. The molecule has 0 atom stereocenters. The van der Waals surface area contributed by atoms with Crippen molar-refractivity contribution in [3.8, 4) is 78.9 Å². The van der Waals surface area contributed by atoms with Crippen molar-refractivity contribution in [1.29, 1.82) is 0 Å². The summed E-state index contributed by atoms with van der Waals surface area (Å²) in [7, 11) is 0. The van der Waals surface area contributed by atoms with Crippen molar-refractivity contribution in [2.45, 2.75) is 24.7 Å². The number of halogens is 12. The highest BCUT2D eigenvalue weighted by Crippen LogP contribution is 2.45. The molecule has 0 amide bonds. The van der Waals surface area contributed by atoms with Gasteiger partial charge in [0.15, 0.2) is 11.2 Å². The molecule has 10 aromatic rings. The number of benzene rings is 6. The fraction of sp³-hybridized carbons (Fsp3) is 0.0769. The largest absolute Gasteiger partial charge is 0.436 e. The molecule has 0 bridgehead atoms. The van der Waals surface area contributed by atoms with Gasteiger partial charge in [0, 0.05) is 28.5 Å². The zero-order valence-electron chi connectivity index (χ0n) is 35.2. The minimum absolute atomic E-state index is 0.159. The molecule has 0 spiro atoms. The van der Waals surface area contributed by atoms with Gasteiger partial charge in [0.1, 0.15) is 11.0 Å². The SMILES string of the molecule is FC(F)(F)c1cc2nc(-c3ccc(-c4ccc(-c5ccc(-c6ccccn6)nc5-c5ccc(-c6ccc(-c7nc8cc(C(F)(F)F)c(C(F)(F)F)cc8o7)cc6)cc5)cc4)cc3)oc2cc1C(F)(F)F. The Hall–Kier alpha value is -8.28. The number of hydrogen-bond donors (Lipinski definition) is 0. The van der Waals surface area contributed by atoms with Crippen LogP contribution in [0.3, 0.4) is 0 Å². The molecule has 0 saturated heterocycles. The van der Waals surface area contributed by atoms with Crippen LogP contribution in [0, 0.1) is 0 Å². The molecule has 0 aliphatic rings. The topological polar surface area (TPSA) is 77.8 Å². The van der Waals surface area contributed by atoms with Gasteiger partial charge in [-0.05, 0) is 101 Å². The minimum Gasteiger partial charge on any atom is -0.436 e. The van der Waals surface area contributed by atoms with E-state index in [1.807, 2.05) is 72.8 Å². The second-order valence-corrected chi connectivity index (χ2v) is 15.9. The highest BCUT2D eigenvalue weighted by Gasteiger charge is 2.45. The molecular formula is C52H26F12N4O2. The van der Waals surface area contributed by atoms with E-state index in [0.717, 1.165) is 38.9 Å².